The zero-order chi connectivity index (χ0) is 13.2. The summed E-state index contributed by atoms with van der Waals surface area (Å²) in [5.74, 6) is 0. The third-order valence-corrected chi connectivity index (χ3v) is 5.28. The highest BCUT2D eigenvalue weighted by Gasteiger charge is 2.53. The van der Waals surface area contributed by atoms with E-state index in [-0.39, 0.29) is 5.54 Å². The molecular weight excluding hydrogens is 210 g/mol. The Balaban J connectivity index is 3.09. The van der Waals surface area contributed by atoms with Gasteiger partial charge in [-0.1, -0.05) is 41.5 Å². The summed E-state index contributed by atoms with van der Waals surface area (Å²) in [6.45, 7) is 17.0. The molecule has 1 atom stereocenters. The zero-order valence-corrected chi connectivity index (χ0v) is 12.7. The lowest BCUT2D eigenvalue weighted by Gasteiger charge is -2.57. The van der Waals surface area contributed by atoms with E-state index in [4.69, 9.17) is 4.74 Å². The first-order valence-corrected chi connectivity index (χ1v) is 7.16. The molecule has 0 saturated carbocycles. The van der Waals surface area contributed by atoms with Gasteiger partial charge in [0.05, 0.1) is 0 Å². The molecule has 0 amide bonds. The predicted octanol–water partition coefficient (Wildman–Crippen LogP) is 3.61. The van der Waals surface area contributed by atoms with Crippen molar-refractivity contribution in [2.75, 3.05) is 19.8 Å². The molecule has 1 unspecified atom stereocenters. The minimum absolute atomic E-state index is 0.243. The van der Waals surface area contributed by atoms with Crippen molar-refractivity contribution in [1.82, 2.24) is 5.32 Å². The van der Waals surface area contributed by atoms with Gasteiger partial charge in [-0.2, -0.15) is 0 Å². The van der Waals surface area contributed by atoms with Gasteiger partial charge in [-0.25, -0.2) is 0 Å². The number of rotatable bonds is 4. The molecule has 0 spiro atoms. The third kappa shape index (κ3) is 2.53. The topological polar surface area (TPSA) is 21.3 Å². The zero-order valence-electron chi connectivity index (χ0n) is 12.7. The van der Waals surface area contributed by atoms with Crippen molar-refractivity contribution >= 4 is 0 Å². The van der Waals surface area contributed by atoms with Crippen molar-refractivity contribution in [3.63, 3.8) is 0 Å². The standard InChI is InChI=1S/C15H31NO/c1-7-14(6,13(3,4)5)15(16-8-2)9-11-17-12-10-15/h16H,7-12H2,1-6H3. The Morgan fingerprint density at radius 1 is 1.06 bits per heavy atom. The fraction of sp³-hybridized carbons (Fsp3) is 1.00. The van der Waals surface area contributed by atoms with E-state index in [2.05, 4.69) is 46.9 Å². The lowest BCUT2D eigenvalue weighted by atomic mass is 9.53. The molecule has 1 rings (SSSR count). The quantitative estimate of drug-likeness (QED) is 0.812. The lowest BCUT2D eigenvalue weighted by Crippen LogP contribution is -2.63. The predicted molar refractivity (Wildman–Crippen MR) is 74.3 cm³/mol. The van der Waals surface area contributed by atoms with Gasteiger partial charge in [0.15, 0.2) is 0 Å². The molecule has 0 aromatic rings. The molecule has 102 valence electrons. The van der Waals surface area contributed by atoms with E-state index in [1.165, 1.54) is 6.42 Å². The van der Waals surface area contributed by atoms with Crippen LogP contribution in [0.25, 0.3) is 0 Å². The smallest absolute Gasteiger partial charge is 0.0483 e. The minimum atomic E-state index is 0.243. The first-order chi connectivity index (χ1) is 7.83. The summed E-state index contributed by atoms with van der Waals surface area (Å²) in [5, 5.41) is 3.82. The van der Waals surface area contributed by atoms with Crippen LogP contribution >= 0.6 is 0 Å². The molecular formula is C15H31NO. The van der Waals surface area contributed by atoms with E-state index in [0.717, 1.165) is 32.6 Å². The molecule has 1 aliphatic rings. The van der Waals surface area contributed by atoms with Crippen molar-refractivity contribution in [3.05, 3.63) is 0 Å². The fourth-order valence-electron chi connectivity index (χ4n) is 3.57. The molecule has 0 bridgehead atoms. The van der Waals surface area contributed by atoms with Crippen LogP contribution in [0.1, 0.15) is 60.8 Å². The Labute approximate surface area is 108 Å². The van der Waals surface area contributed by atoms with Crippen LogP contribution in [-0.2, 0) is 4.74 Å². The van der Waals surface area contributed by atoms with Crippen LogP contribution in [0.4, 0.5) is 0 Å². The van der Waals surface area contributed by atoms with Crippen molar-refractivity contribution in [3.8, 4) is 0 Å². The molecule has 0 aliphatic carbocycles. The Morgan fingerprint density at radius 3 is 1.94 bits per heavy atom. The maximum absolute atomic E-state index is 5.58. The van der Waals surface area contributed by atoms with Gasteiger partial charge in [0.1, 0.15) is 0 Å². The summed E-state index contributed by atoms with van der Waals surface area (Å²) in [7, 11) is 0. The molecule has 0 aromatic heterocycles. The first kappa shape index (κ1) is 15.0. The maximum Gasteiger partial charge on any atom is 0.0483 e. The average molecular weight is 241 g/mol. The van der Waals surface area contributed by atoms with Crippen LogP contribution in [0.15, 0.2) is 0 Å². The van der Waals surface area contributed by atoms with Gasteiger partial charge in [0.2, 0.25) is 0 Å². The van der Waals surface area contributed by atoms with E-state index < -0.39 is 0 Å². The summed E-state index contributed by atoms with van der Waals surface area (Å²) in [4.78, 5) is 0. The number of nitrogens with one attached hydrogen (secondary N) is 1. The van der Waals surface area contributed by atoms with E-state index >= 15 is 0 Å². The second-order valence-corrected chi connectivity index (χ2v) is 6.66. The molecule has 1 aliphatic heterocycles. The van der Waals surface area contributed by atoms with Gasteiger partial charge >= 0.3 is 0 Å². The summed E-state index contributed by atoms with van der Waals surface area (Å²) in [6.07, 6.45) is 3.49. The average Bonchev–Trinajstić information content (AvgIpc) is 2.28. The van der Waals surface area contributed by atoms with Crippen LogP contribution in [0.5, 0.6) is 0 Å². The Hall–Kier alpha value is -0.0800. The van der Waals surface area contributed by atoms with Crippen molar-refractivity contribution in [2.45, 2.75) is 66.3 Å². The van der Waals surface area contributed by atoms with E-state index in [0.29, 0.717) is 10.8 Å². The number of hydrogen-bond donors (Lipinski definition) is 1. The summed E-state index contributed by atoms with van der Waals surface area (Å²) >= 11 is 0. The molecule has 0 radical (unpaired) electrons. The van der Waals surface area contributed by atoms with Crippen molar-refractivity contribution in [2.24, 2.45) is 10.8 Å². The molecule has 17 heavy (non-hydrogen) atoms. The van der Waals surface area contributed by atoms with Crippen LogP contribution < -0.4 is 5.32 Å². The van der Waals surface area contributed by atoms with Crippen molar-refractivity contribution < 1.29 is 4.74 Å². The van der Waals surface area contributed by atoms with Crippen LogP contribution in [0.2, 0.25) is 0 Å². The van der Waals surface area contributed by atoms with Crippen molar-refractivity contribution in [1.29, 1.82) is 0 Å². The Morgan fingerprint density at radius 2 is 1.59 bits per heavy atom. The van der Waals surface area contributed by atoms with Gasteiger partial charge in [0, 0.05) is 18.8 Å². The monoisotopic (exact) mass is 241 g/mol. The molecule has 1 N–H and O–H groups in total. The largest absolute Gasteiger partial charge is 0.381 e. The summed E-state index contributed by atoms with van der Waals surface area (Å²) < 4.78 is 5.58. The normalized spacial score (nSPS) is 24.4. The van der Waals surface area contributed by atoms with Crippen LogP contribution in [-0.4, -0.2) is 25.3 Å². The van der Waals surface area contributed by atoms with E-state index in [1.807, 2.05) is 0 Å². The van der Waals surface area contributed by atoms with Gasteiger partial charge < -0.3 is 10.1 Å². The summed E-state index contributed by atoms with van der Waals surface area (Å²) in [6, 6.07) is 0. The van der Waals surface area contributed by atoms with Crippen LogP contribution in [0.3, 0.4) is 0 Å². The second-order valence-electron chi connectivity index (χ2n) is 6.66. The highest BCUT2D eigenvalue weighted by Crippen LogP contribution is 2.52. The molecule has 1 heterocycles. The van der Waals surface area contributed by atoms with Gasteiger partial charge in [-0.3, -0.25) is 0 Å². The third-order valence-electron chi connectivity index (χ3n) is 5.28. The van der Waals surface area contributed by atoms with Gasteiger partial charge in [-0.05, 0) is 36.6 Å². The van der Waals surface area contributed by atoms with Crippen LogP contribution in [0, 0.1) is 10.8 Å². The molecule has 1 fully saturated rings. The highest BCUT2D eigenvalue weighted by atomic mass is 16.5. The maximum atomic E-state index is 5.58. The van der Waals surface area contributed by atoms with Gasteiger partial charge in [-0.15, -0.1) is 0 Å². The highest BCUT2D eigenvalue weighted by molar-refractivity contribution is 5.07. The summed E-state index contributed by atoms with van der Waals surface area (Å²) in [5.41, 5.74) is 0.855. The Kier molecular flexibility index (Phi) is 4.65. The fourth-order valence-corrected chi connectivity index (χ4v) is 3.57. The minimum Gasteiger partial charge on any atom is -0.381 e. The molecule has 0 aromatic carbocycles. The number of hydrogen-bond acceptors (Lipinski definition) is 2. The second kappa shape index (κ2) is 5.27. The first-order valence-electron chi connectivity index (χ1n) is 7.16. The molecule has 2 nitrogen and oxygen atoms in total. The van der Waals surface area contributed by atoms with E-state index in [1.54, 1.807) is 0 Å². The lowest BCUT2D eigenvalue weighted by molar-refractivity contribution is -0.0770. The Bertz CT molecular complexity index is 232. The number of ether oxygens (including phenoxy) is 1. The SMILES string of the molecule is CCNC1(C(C)(CC)C(C)(C)C)CCOCC1. The molecule has 1 saturated heterocycles. The van der Waals surface area contributed by atoms with Gasteiger partial charge in [0.25, 0.3) is 0 Å². The van der Waals surface area contributed by atoms with E-state index in [9.17, 15) is 0 Å². The molecule has 2 heteroatoms.